The molecule has 0 aromatic rings. The van der Waals surface area contributed by atoms with Crippen molar-refractivity contribution in [3.8, 4) is 0 Å². The van der Waals surface area contributed by atoms with Crippen molar-refractivity contribution in [1.29, 1.82) is 0 Å². The molecule has 1 heterocycles. The lowest BCUT2D eigenvalue weighted by Gasteiger charge is -2.39. The lowest BCUT2D eigenvalue weighted by Crippen LogP contribution is -2.40. The van der Waals surface area contributed by atoms with Crippen LogP contribution in [0.4, 0.5) is 0 Å². The van der Waals surface area contributed by atoms with Gasteiger partial charge in [0.15, 0.2) is 0 Å². The van der Waals surface area contributed by atoms with E-state index in [1.54, 1.807) is 0 Å². The van der Waals surface area contributed by atoms with Crippen molar-refractivity contribution >= 4 is 0 Å². The minimum absolute atomic E-state index is 0.721. The molecule has 1 spiro atoms. The van der Waals surface area contributed by atoms with Crippen molar-refractivity contribution in [2.75, 3.05) is 13.1 Å². The summed E-state index contributed by atoms with van der Waals surface area (Å²) in [7, 11) is 0. The Hall–Kier alpha value is -0.0400. The van der Waals surface area contributed by atoms with E-state index >= 15 is 0 Å². The van der Waals surface area contributed by atoms with E-state index in [1.165, 1.54) is 70.9 Å². The minimum atomic E-state index is 0.721. The van der Waals surface area contributed by atoms with Crippen LogP contribution in [0.15, 0.2) is 0 Å². The molecule has 1 saturated carbocycles. The summed E-state index contributed by atoms with van der Waals surface area (Å²) in [5.74, 6) is 0. The second-order valence-corrected chi connectivity index (χ2v) is 5.05. The summed E-state index contributed by atoms with van der Waals surface area (Å²) in [5.41, 5.74) is 0.721. The van der Waals surface area contributed by atoms with Crippen LogP contribution in [0, 0.1) is 5.41 Å². The lowest BCUT2D eigenvalue weighted by molar-refractivity contribution is 0.156. The molecule has 2 fully saturated rings. The van der Waals surface area contributed by atoms with Crippen LogP contribution in [0.25, 0.3) is 0 Å². The third kappa shape index (κ3) is 2.46. The molecule has 2 rings (SSSR count). The van der Waals surface area contributed by atoms with Gasteiger partial charge >= 0.3 is 0 Å². The third-order valence-electron chi connectivity index (χ3n) is 3.97. The van der Waals surface area contributed by atoms with E-state index in [0.717, 1.165) is 5.41 Å². The number of piperidine rings is 1. The zero-order chi connectivity index (χ0) is 8.99. The smallest absolute Gasteiger partial charge is 0.000781 e. The predicted octanol–water partition coefficient (Wildman–Crippen LogP) is 3.10. The zero-order valence-corrected chi connectivity index (χ0v) is 8.78. The first-order valence-electron chi connectivity index (χ1n) is 6.12. The van der Waals surface area contributed by atoms with Crippen molar-refractivity contribution < 1.29 is 0 Å². The maximum Gasteiger partial charge on any atom is 0.000781 e. The number of hydrogen-bond acceptors (Lipinski definition) is 1. The van der Waals surface area contributed by atoms with Gasteiger partial charge in [-0.1, -0.05) is 32.1 Å². The van der Waals surface area contributed by atoms with Crippen LogP contribution in [0.5, 0.6) is 0 Å². The Morgan fingerprint density at radius 3 is 1.92 bits per heavy atom. The normalized spacial score (nSPS) is 29.5. The van der Waals surface area contributed by atoms with Gasteiger partial charge in [-0.05, 0) is 37.6 Å². The molecule has 1 aliphatic carbocycles. The first-order chi connectivity index (χ1) is 6.41. The summed E-state index contributed by atoms with van der Waals surface area (Å²) in [4.78, 5) is 0. The molecule has 1 heteroatoms. The van der Waals surface area contributed by atoms with E-state index in [9.17, 15) is 0 Å². The van der Waals surface area contributed by atoms with Crippen molar-refractivity contribution in [3.63, 3.8) is 0 Å². The van der Waals surface area contributed by atoms with Crippen LogP contribution in [-0.2, 0) is 0 Å². The molecule has 76 valence electrons. The summed E-state index contributed by atoms with van der Waals surface area (Å²) >= 11 is 0. The zero-order valence-electron chi connectivity index (χ0n) is 8.78. The molecule has 1 N–H and O–H groups in total. The maximum absolute atomic E-state index is 3.59. The van der Waals surface area contributed by atoms with Crippen LogP contribution < -0.4 is 5.32 Å². The van der Waals surface area contributed by atoms with Gasteiger partial charge in [0.1, 0.15) is 0 Å². The monoisotopic (exact) mass is 181 g/mol. The fourth-order valence-corrected chi connectivity index (χ4v) is 3.11. The SMILES string of the molecule is C1CCCC2(CCC1)CCCNC2. The Bertz CT molecular complexity index is 137. The molecule has 1 aliphatic heterocycles. The Morgan fingerprint density at radius 1 is 0.692 bits per heavy atom. The van der Waals surface area contributed by atoms with Gasteiger partial charge in [-0.3, -0.25) is 0 Å². The summed E-state index contributed by atoms with van der Waals surface area (Å²) < 4.78 is 0. The Morgan fingerprint density at radius 2 is 1.31 bits per heavy atom. The van der Waals surface area contributed by atoms with Gasteiger partial charge in [-0.15, -0.1) is 0 Å². The molecular weight excluding hydrogens is 158 g/mol. The second-order valence-electron chi connectivity index (χ2n) is 5.05. The highest BCUT2D eigenvalue weighted by Gasteiger charge is 2.31. The number of nitrogens with one attached hydrogen (secondary N) is 1. The molecule has 1 saturated heterocycles. The van der Waals surface area contributed by atoms with Crippen LogP contribution in [0.3, 0.4) is 0 Å². The molecule has 0 radical (unpaired) electrons. The van der Waals surface area contributed by atoms with Crippen molar-refractivity contribution in [2.45, 2.75) is 57.8 Å². The minimum Gasteiger partial charge on any atom is -0.316 e. The molecule has 1 nitrogen and oxygen atoms in total. The second kappa shape index (κ2) is 4.45. The summed E-state index contributed by atoms with van der Waals surface area (Å²) in [6.07, 6.45) is 13.4. The van der Waals surface area contributed by atoms with Gasteiger partial charge in [0.2, 0.25) is 0 Å². The van der Waals surface area contributed by atoms with Crippen molar-refractivity contribution in [3.05, 3.63) is 0 Å². The summed E-state index contributed by atoms with van der Waals surface area (Å²) in [5, 5.41) is 3.59. The summed E-state index contributed by atoms with van der Waals surface area (Å²) in [6, 6.07) is 0. The lowest BCUT2D eigenvalue weighted by atomic mass is 9.71. The highest BCUT2D eigenvalue weighted by Crippen LogP contribution is 2.39. The van der Waals surface area contributed by atoms with E-state index in [2.05, 4.69) is 5.32 Å². The van der Waals surface area contributed by atoms with E-state index in [4.69, 9.17) is 0 Å². The van der Waals surface area contributed by atoms with E-state index in [1.807, 2.05) is 0 Å². The van der Waals surface area contributed by atoms with Gasteiger partial charge < -0.3 is 5.32 Å². The largest absolute Gasteiger partial charge is 0.316 e. The Kier molecular flexibility index (Phi) is 3.26. The summed E-state index contributed by atoms with van der Waals surface area (Å²) in [6.45, 7) is 2.58. The first-order valence-corrected chi connectivity index (χ1v) is 6.12. The first kappa shape index (κ1) is 9.51. The van der Waals surface area contributed by atoms with E-state index < -0.39 is 0 Å². The number of rotatable bonds is 0. The Balaban J connectivity index is 1.91. The quantitative estimate of drug-likeness (QED) is 0.605. The molecule has 2 aliphatic rings. The Labute approximate surface area is 82.3 Å². The molecule has 0 atom stereocenters. The van der Waals surface area contributed by atoms with Crippen LogP contribution in [0.1, 0.15) is 57.8 Å². The molecule has 0 aromatic carbocycles. The van der Waals surface area contributed by atoms with Gasteiger partial charge in [0, 0.05) is 6.54 Å². The fraction of sp³-hybridized carbons (Fsp3) is 1.00. The maximum atomic E-state index is 3.59. The van der Waals surface area contributed by atoms with Crippen LogP contribution >= 0.6 is 0 Å². The highest BCUT2D eigenvalue weighted by atomic mass is 14.9. The van der Waals surface area contributed by atoms with Gasteiger partial charge in [0.05, 0.1) is 0 Å². The third-order valence-corrected chi connectivity index (χ3v) is 3.97. The predicted molar refractivity (Wildman–Crippen MR) is 56.9 cm³/mol. The fourth-order valence-electron chi connectivity index (χ4n) is 3.11. The molecule has 0 aromatic heterocycles. The number of hydrogen-bond donors (Lipinski definition) is 1. The van der Waals surface area contributed by atoms with Gasteiger partial charge in [0.25, 0.3) is 0 Å². The van der Waals surface area contributed by atoms with E-state index in [0.29, 0.717) is 0 Å². The molecule has 13 heavy (non-hydrogen) atoms. The molecular formula is C12H23N. The topological polar surface area (TPSA) is 12.0 Å². The average Bonchev–Trinajstić information content (AvgIpc) is 2.14. The van der Waals surface area contributed by atoms with Gasteiger partial charge in [-0.25, -0.2) is 0 Å². The standard InChI is InChI=1S/C12H23N/c1-2-4-7-12(8-5-3-1)9-6-10-13-11-12/h13H,1-11H2. The molecule has 0 unspecified atom stereocenters. The van der Waals surface area contributed by atoms with E-state index in [-0.39, 0.29) is 0 Å². The van der Waals surface area contributed by atoms with Crippen molar-refractivity contribution in [1.82, 2.24) is 5.32 Å². The average molecular weight is 181 g/mol. The molecule has 0 amide bonds. The highest BCUT2D eigenvalue weighted by molar-refractivity contribution is 4.86. The molecule has 0 bridgehead atoms. The van der Waals surface area contributed by atoms with Gasteiger partial charge in [-0.2, -0.15) is 0 Å². The van der Waals surface area contributed by atoms with Crippen molar-refractivity contribution in [2.24, 2.45) is 5.41 Å². The van der Waals surface area contributed by atoms with Crippen LogP contribution in [-0.4, -0.2) is 13.1 Å². The van der Waals surface area contributed by atoms with Crippen LogP contribution in [0.2, 0.25) is 0 Å².